The molecular weight excluding hydrogens is 813 g/mol. The molecule has 1 unspecified atom stereocenters. The van der Waals surface area contributed by atoms with E-state index in [4.69, 9.17) is 4.74 Å². The number of esters is 1. The topological polar surface area (TPSA) is 235 Å². The lowest BCUT2D eigenvalue weighted by Crippen LogP contribution is -2.42. The van der Waals surface area contributed by atoms with E-state index in [0.29, 0.717) is 62.1 Å². The van der Waals surface area contributed by atoms with Crippen molar-refractivity contribution in [2.24, 2.45) is 5.41 Å². The summed E-state index contributed by atoms with van der Waals surface area (Å²) in [6, 6.07) is 13.2. The standard InChI is InChI=1S/C40H36N2O13S3/c1-4-41-29(25-9-7-11-27-32(56(46,47)48)18-17-31(41)35(25)27)15-13-23-19-24(22-40(21-23,38(43)44)39(45)55-6-3)14-16-30-26-10-8-12-28-33(57(49,50)51)20-34(58(52,53)54)37(36(26)28)42(30)5-2/h7-20H,4-6,21-22H2,1-3H3,(H3-,43,44,46,47,48,49,50,51,52,53,54)/p+1. The molecule has 0 spiro atoms. The second kappa shape index (κ2) is 14.4. The van der Waals surface area contributed by atoms with E-state index in [9.17, 15) is 53.6 Å². The summed E-state index contributed by atoms with van der Waals surface area (Å²) >= 11 is 0. The number of aromatic nitrogens is 1. The van der Waals surface area contributed by atoms with Crippen LogP contribution in [0.5, 0.6) is 0 Å². The van der Waals surface area contributed by atoms with E-state index in [-0.39, 0.29) is 47.3 Å². The highest BCUT2D eigenvalue weighted by Gasteiger charge is 2.50. The number of hydrogen-bond donors (Lipinski definition) is 4. The number of nitrogens with zero attached hydrogens (tertiary/aromatic N) is 2. The molecule has 0 saturated heterocycles. The Morgan fingerprint density at radius 2 is 1.43 bits per heavy atom. The summed E-state index contributed by atoms with van der Waals surface area (Å²) in [6.07, 6.45) is 7.72. The number of benzene rings is 4. The minimum atomic E-state index is -5.03. The van der Waals surface area contributed by atoms with E-state index >= 15 is 0 Å². The minimum absolute atomic E-state index is 0.00619. The van der Waals surface area contributed by atoms with Crippen LogP contribution >= 0.6 is 0 Å². The van der Waals surface area contributed by atoms with Gasteiger partial charge in [-0.15, -0.1) is 0 Å². The monoisotopic (exact) mass is 849 g/mol. The molecule has 2 aliphatic rings. The average Bonchev–Trinajstić information content (AvgIpc) is 3.64. The zero-order chi connectivity index (χ0) is 42.1. The molecule has 4 N–H and O–H groups in total. The van der Waals surface area contributed by atoms with Crippen molar-refractivity contribution in [1.29, 1.82) is 0 Å². The van der Waals surface area contributed by atoms with Crippen LogP contribution in [0.15, 0.2) is 105 Å². The van der Waals surface area contributed by atoms with Crippen LogP contribution < -0.4 is 5.35 Å². The smallest absolute Gasteiger partial charge is 0.324 e. The first-order valence-electron chi connectivity index (χ1n) is 18.0. The second-order valence-corrected chi connectivity index (χ2v) is 18.0. The molecule has 1 atom stereocenters. The van der Waals surface area contributed by atoms with E-state index in [2.05, 4.69) is 0 Å². The largest absolute Gasteiger partial charge is 0.480 e. The predicted molar refractivity (Wildman–Crippen MR) is 214 cm³/mol. The number of rotatable bonds is 11. The lowest BCUT2D eigenvalue weighted by Gasteiger charge is -2.31. The predicted octanol–water partition coefficient (Wildman–Crippen LogP) is 5.21. The first kappa shape index (κ1) is 40.7. The molecule has 5 aromatic rings. The highest BCUT2D eigenvalue weighted by Crippen LogP contribution is 2.45. The molecule has 15 nitrogen and oxygen atoms in total. The fraction of sp³-hybridized carbons (Fsp3) is 0.225. The van der Waals surface area contributed by atoms with Gasteiger partial charge in [-0.05, 0) is 75.1 Å². The number of hydrogen-bond acceptors (Lipinski definition) is 9. The molecule has 4 aromatic carbocycles. The minimum Gasteiger partial charge on any atom is -0.480 e. The number of allylic oxidation sites excluding steroid dienone is 6. The molecule has 2 heterocycles. The first-order chi connectivity index (χ1) is 27.3. The fourth-order valence-corrected chi connectivity index (χ4v) is 10.4. The van der Waals surface area contributed by atoms with Gasteiger partial charge in [-0.25, -0.2) is 0 Å². The number of aliphatic carboxylic acids is 1. The van der Waals surface area contributed by atoms with Crippen molar-refractivity contribution in [2.75, 3.05) is 13.2 Å². The molecule has 7 rings (SSSR count). The van der Waals surface area contributed by atoms with E-state index < -0.39 is 57.5 Å². The van der Waals surface area contributed by atoms with Crippen LogP contribution in [0.4, 0.5) is 5.69 Å². The highest BCUT2D eigenvalue weighted by atomic mass is 32.2. The Hall–Kier alpha value is -5.50. The molecule has 0 radical (unpaired) electrons. The Kier molecular flexibility index (Phi) is 10.1. The van der Waals surface area contributed by atoms with Gasteiger partial charge in [-0.2, -0.15) is 29.8 Å². The summed E-state index contributed by atoms with van der Waals surface area (Å²) in [6.45, 7) is 5.66. The lowest BCUT2D eigenvalue weighted by molar-refractivity contribution is -0.433. The van der Waals surface area contributed by atoms with Crippen LogP contribution in [0.25, 0.3) is 38.5 Å². The van der Waals surface area contributed by atoms with E-state index in [0.717, 1.165) is 0 Å². The molecule has 0 bridgehead atoms. The van der Waals surface area contributed by atoms with Crippen molar-refractivity contribution in [3.8, 4) is 0 Å². The highest BCUT2D eigenvalue weighted by molar-refractivity contribution is 7.87. The van der Waals surface area contributed by atoms with Gasteiger partial charge in [0.25, 0.3) is 20.2 Å². The number of carboxylic acids is 1. The first-order valence-corrected chi connectivity index (χ1v) is 22.3. The van der Waals surface area contributed by atoms with Crippen LogP contribution in [0.1, 0.15) is 39.2 Å². The van der Waals surface area contributed by atoms with Gasteiger partial charge in [0.15, 0.2) is 10.3 Å². The zero-order valence-electron chi connectivity index (χ0n) is 31.2. The van der Waals surface area contributed by atoms with Crippen molar-refractivity contribution < 1.29 is 62.9 Å². The molecular formula is C40H37N2O13S3+. The van der Waals surface area contributed by atoms with Gasteiger partial charge < -0.3 is 14.4 Å². The molecule has 1 aromatic heterocycles. The number of carbonyl (C=O) groups is 2. The summed E-state index contributed by atoms with van der Waals surface area (Å²) in [4.78, 5) is 24.9. The van der Waals surface area contributed by atoms with Crippen LogP contribution in [-0.2, 0) is 51.2 Å². The number of ether oxygens (including phenoxy) is 1. The summed E-state index contributed by atoms with van der Waals surface area (Å²) in [7, 11) is -14.5. The fourth-order valence-electron chi connectivity index (χ4n) is 8.22. The Labute approximate surface area is 332 Å². The Morgan fingerprint density at radius 3 is 2.03 bits per heavy atom. The Balaban J connectivity index is 1.44. The zero-order valence-corrected chi connectivity index (χ0v) is 33.7. The summed E-state index contributed by atoms with van der Waals surface area (Å²) < 4.78 is 114. The van der Waals surface area contributed by atoms with Crippen LogP contribution in [0, 0.1) is 5.41 Å². The maximum Gasteiger partial charge on any atom is 0.324 e. The van der Waals surface area contributed by atoms with Crippen LogP contribution in [0.2, 0.25) is 0 Å². The van der Waals surface area contributed by atoms with Crippen molar-refractivity contribution in [1.82, 2.24) is 4.57 Å². The molecule has 1 aliphatic heterocycles. The lowest BCUT2D eigenvalue weighted by atomic mass is 9.72. The molecule has 0 amide bonds. The molecule has 18 heteroatoms. The molecule has 1 aliphatic carbocycles. The summed E-state index contributed by atoms with van der Waals surface area (Å²) in [5.74, 6) is -2.38. The van der Waals surface area contributed by atoms with Gasteiger partial charge in [0, 0.05) is 45.0 Å². The molecule has 58 heavy (non-hydrogen) atoms. The molecule has 0 saturated carbocycles. The molecule has 0 fully saturated rings. The maximum atomic E-state index is 13.5. The van der Waals surface area contributed by atoms with E-state index in [1.807, 2.05) is 11.5 Å². The van der Waals surface area contributed by atoms with Gasteiger partial charge >= 0.3 is 22.1 Å². The number of carbonyl (C=O) groups excluding carboxylic acids is 1. The van der Waals surface area contributed by atoms with Crippen molar-refractivity contribution in [3.05, 3.63) is 101 Å². The third kappa shape index (κ3) is 6.64. The third-order valence-electron chi connectivity index (χ3n) is 10.6. The van der Waals surface area contributed by atoms with Crippen LogP contribution in [0.3, 0.4) is 0 Å². The van der Waals surface area contributed by atoms with Crippen molar-refractivity contribution in [2.45, 2.75) is 54.8 Å². The Morgan fingerprint density at radius 1 is 0.793 bits per heavy atom. The third-order valence-corrected chi connectivity index (χ3v) is 13.2. The van der Waals surface area contributed by atoms with Gasteiger partial charge in [-0.3, -0.25) is 23.2 Å². The quantitative estimate of drug-likeness (QED) is 0.0579. The van der Waals surface area contributed by atoms with Gasteiger partial charge in [-0.1, -0.05) is 48.6 Å². The Bertz CT molecular complexity index is 3170. The summed E-state index contributed by atoms with van der Waals surface area (Å²) in [5.41, 5.74) is 0.135. The SMILES string of the molecule is CCOC(=O)C1(C(=O)O)CC(=CC=c2c3cccc4c(S(=O)(=O)O)ccc(c43)n2CC)C=C(C=CC2=[N+](CC)c3c(S(=O)(=O)O)cc(S(=O)(=O)O)c4cccc2c34)C1. The number of carboxylic acid groups (broad SMARTS) is 1. The summed E-state index contributed by atoms with van der Waals surface area (Å²) in [5, 5.41) is 13.0. The van der Waals surface area contributed by atoms with E-state index in [1.54, 1.807) is 74.6 Å². The maximum absolute atomic E-state index is 13.5. The van der Waals surface area contributed by atoms with Gasteiger partial charge in [0.1, 0.15) is 16.3 Å². The second-order valence-electron chi connectivity index (χ2n) is 13.9. The van der Waals surface area contributed by atoms with Crippen LogP contribution in [-0.4, -0.2) is 84.0 Å². The number of aryl methyl sites for hydroxylation is 1. The van der Waals surface area contributed by atoms with Crippen molar-refractivity contribution in [3.63, 3.8) is 0 Å². The van der Waals surface area contributed by atoms with Gasteiger partial charge in [0.2, 0.25) is 11.4 Å². The molecule has 302 valence electrons. The van der Waals surface area contributed by atoms with Crippen molar-refractivity contribution >= 4 is 92.2 Å². The average molecular weight is 850 g/mol. The van der Waals surface area contributed by atoms with E-state index in [1.165, 1.54) is 22.8 Å². The van der Waals surface area contributed by atoms with Gasteiger partial charge in [0.05, 0.1) is 17.6 Å². The normalized spacial score (nSPS) is 18.7.